The minimum atomic E-state index is -1.32. The normalized spacial score (nSPS) is 13.8. The number of ether oxygens (including phenoxy) is 3. The second kappa shape index (κ2) is 10.6. The average Bonchev–Trinajstić information content (AvgIpc) is 3.19. The monoisotopic (exact) mass is 477 g/mol. The number of carbonyl (C=O) groups excluding carboxylic acids is 2. The van der Waals surface area contributed by atoms with E-state index in [9.17, 15) is 19.8 Å². The molecule has 1 aliphatic rings. The van der Waals surface area contributed by atoms with E-state index in [0.717, 1.165) is 22.3 Å². The minimum Gasteiger partial charge on any atom is -0.493 e. The second-order valence-corrected chi connectivity index (χ2v) is 8.22. The number of alkyl carbamates (subject to hydrolysis) is 1. The molecule has 0 aromatic heterocycles. The molecule has 0 fully saturated rings. The number of rotatable bonds is 8. The van der Waals surface area contributed by atoms with E-state index in [1.165, 1.54) is 32.2 Å². The van der Waals surface area contributed by atoms with Crippen molar-refractivity contribution in [2.75, 3.05) is 20.3 Å². The highest BCUT2D eigenvalue weighted by Gasteiger charge is 2.29. The minimum absolute atomic E-state index is 0.0770. The molecule has 1 aliphatic carbocycles. The number of fused-ring (bicyclic) bond motifs is 3. The van der Waals surface area contributed by atoms with Gasteiger partial charge in [-0.2, -0.15) is 0 Å². The van der Waals surface area contributed by atoms with Crippen molar-refractivity contribution in [3.8, 4) is 22.6 Å². The van der Waals surface area contributed by atoms with Crippen molar-refractivity contribution in [1.29, 1.82) is 0 Å². The molecule has 0 saturated carbocycles. The molecule has 182 valence electrons. The fourth-order valence-corrected chi connectivity index (χ4v) is 4.28. The molecule has 8 nitrogen and oxygen atoms in total. The van der Waals surface area contributed by atoms with Crippen LogP contribution in [0, 0.1) is 0 Å². The van der Waals surface area contributed by atoms with Crippen molar-refractivity contribution in [2.45, 2.75) is 25.0 Å². The van der Waals surface area contributed by atoms with Gasteiger partial charge in [-0.25, -0.2) is 4.79 Å². The Bertz CT molecular complexity index is 1180. The topological polar surface area (TPSA) is 114 Å². The molecule has 0 aliphatic heterocycles. The Morgan fingerprint density at radius 1 is 0.943 bits per heavy atom. The van der Waals surface area contributed by atoms with Crippen LogP contribution in [0.15, 0.2) is 66.7 Å². The summed E-state index contributed by atoms with van der Waals surface area (Å²) >= 11 is 0. The lowest BCUT2D eigenvalue weighted by Crippen LogP contribution is -2.36. The van der Waals surface area contributed by atoms with Gasteiger partial charge >= 0.3 is 12.1 Å². The van der Waals surface area contributed by atoms with Crippen LogP contribution in [0.25, 0.3) is 11.1 Å². The number of hydrogen-bond donors (Lipinski definition) is 3. The van der Waals surface area contributed by atoms with Crippen LogP contribution in [0.5, 0.6) is 11.5 Å². The smallest absolute Gasteiger partial charge is 0.407 e. The van der Waals surface area contributed by atoms with Crippen molar-refractivity contribution >= 4 is 12.1 Å². The fourth-order valence-electron chi connectivity index (χ4n) is 4.28. The highest BCUT2D eigenvalue weighted by atomic mass is 16.6. The molecule has 3 N–H and O–H groups in total. The molecule has 3 aromatic rings. The van der Waals surface area contributed by atoms with E-state index in [0.29, 0.717) is 5.56 Å². The standard InChI is InChI=1S/C27H27NO7/c1-16(29)35-24-12-11-17(13-25(24)33-2)26(31)23(30)14-28-27(32)34-15-22-20-9-5-3-7-18(20)19-8-4-6-10-21(19)22/h3-13,22-23,26,30-31H,14-15H2,1-2H3,(H,28,32). The molecule has 0 heterocycles. The third-order valence-electron chi connectivity index (χ3n) is 5.95. The summed E-state index contributed by atoms with van der Waals surface area (Å²) in [7, 11) is 1.40. The summed E-state index contributed by atoms with van der Waals surface area (Å²) in [5.41, 5.74) is 4.79. The molecular weight excluding hydrogens is 450 g/mol. The Morgan fingerprint density at radius 2 is 1.57 bits per heavy atom. The summed E-state index contributed by atoms with van der Waals surface area (Å²) in [4.78, 5) is 23.5. The van der Waals surface area contributed by atoms with E-state index in [4.69, 9.17) is 14.2 Å². The molecule has 35 heavy (non-hydrogen) atoms. The maximum absolute atomic E-state index is 12.3. The van der Waals surface area contributed by atoms with Crippen LogP contribution in [-0.4, -0.2) is 48.6 Å². The third kappa shape index (κ3) is 5.29. The van der Waals surface area contributed by atoms with Gasteiger partial charge in [-0.05, 0) is 39.9 Å². The summed E-state index contributed by atoms with van der Waals surface area (Å²) in [5, 5.41) is 23.4. The summed E-state index contributed by atoms with van der Waals surface area (Å²) in [5.74, 6) is -0.161. The number of aliphatic hydroxyl groups is 2. The molecule has 2 unspecified atom stereocenters. The lowest BCUT2D eigenvalue weighted by Gasteiger charge is -2.20. The number of esters is 1. The largest absolute Gasteiger partial charge is 0.493 e. The van der Waals surface area contributed by atoms with Crippen LogP contribution in [0.1, 0.15) is 35.6 Å². The molecule has 0 saturated heterocycles. The van der Waals surface area contributed by atoms with Gasteiger partial charge in [0.2, 0.25) is 0 Å². The van der Waals surface area contributed by atoms with Crippen molar-refractivity contribution < 1.29 is 34.0 Å². The molecule has 8 heteroatoms. The number of benzene rings is 3. The van der Waals surface area contributed by atoms with Crippen LogP contribution in [0.4, 0.5) is 4.79 Å². The maximum atomic E-state index is 12.3. The number of nitrogens with one attached hydrogen (secondary N) is 1. The Labute approximate surface area is 203 Å². The molecule has 0 spiro atoms. The van der Waals surface area contributed by atoms with Crippen molar-refractivity contribution in [3.05, 3.63) is 83.4 Å². The zero-order valence-electron chi connectivity index (χ0n) is 19.4. The van der Waals surface area contributed by atoms with Crippen LogP contribution >= 0.6 is 0 Å². The second-order valence-electron chi connectivity index (χ2n) is 8.22. The van der Waals surface area contributed by atoms with Gasteiger partial charge in [-0.3, -0.25) is 4.79 Å². The predicted octanol–water partition coefficient (Wildman–Crippen LogP) is 3.55. The fraction of sp³-hybridized carbons (Fsp3) is 0.259. The van der Waals surface area contributed by atoms with Gasteiger partial charge in [0.05, 0.1) is 7.11 Å². The highest BCUT2D eigenvalue weighted by molar-refractivity contribution is 5.79. The van der Waals surface area contributed by atoms with Gasteiger partial charge in [0, 0.05) is 19.4 Å². The summed E-state index contributed by atoms with van der Waals surface area (Å²) in [6.45, 7) is 1.18. The first kappa shape index (κ1) is 24.3. The molecule has 3 aromatic carbocycles. The van der Waals surface area contributed by atoms with Crippen LogP contribution in [0.2, 0.25) is 0 Å². The van der Waals surface area contributed by atoms with Crippen molar-refractivity contribution in [3.63, 3.8) is 0 Å². The lowest BCUT2D eigenvalue weighted by atomic mass is 9.98. The Balaban J connectivity index is 1.33. The maximum Gasteiger partial charge on any atom is 0.407 e. The van der Waals surface area contributed by atoms with Gasteiger partial charge in [-0.15, -0.1) is 0 Å². The van der Waals surface area contributed by atoms with Gasteiger partial charge < -0.3 is 29.7 Å². The molecule has 1 amide bonds. The zero-order chi connectivity index (χ0) is 24.9. The first-order valence-electron chi connectivity index (χ1n) is 11.2. The van der Waals surface area contributed by atoms with Crippen LogP contribution < -0.4 is 14.8 Å². The lowest BCUT2D eigenvalue weighted by molar-refractivity contribution is -0.132. The Hall–Kier alpha value is -3.88. The summed E-state index contributed by atoms with van der Waals surface area (Å²) < 4.78 is 15.7. The molecule has 2 atom stereocenters. The van der Waals surface area contributed by atoms with Crippen molar-refractivity contribution in [1.82, 2.24) is 5.32 Å². The summed E-state index contributed by atoms with van der Waals surface area (Å²) in [6, 6.07) is 20.5. The van der Waals surface area contributed by atoms with E-state index in [1.54, 1.807) is 0 Å². The predicted molar refractivity (Wildman–Crippen MR) is 128 cm³/mol. The zero-order valence-corrected chi connectivity index (χ0v) is 19.4. The quantitative estimate of drug-likeness (QED) is 0.336. The average molecular weight is 478 g/mol. The van der Waals surface area contributed by atoms with Crippen molar-refractivity contribution in [2.24, 2.45) is 0 Å². The number of carbonyl (C=O) groups is 2. The highest BCUT2D eigenvalue weighted by Crippen LogP contribution is 2.44. The van der Waals surface area contributed by atoms with E-state index >= 15 is 0 Å². The summed E-state index contributed by atoms with van der Waals surface area (Å²) in [6.07, 6.45) is -3.31. The van der Waals surface area contributed by atoms with E-state index < -0.39 is 24.3 Å². The van der Waals surface area contributed by atoms with E-state index in [2.05, 4.69) is 17.4 Å². The number of aliphatic hydroxyl groups excluding tert-OH is 2. The van der Waals surface area contributed by atoms with Gasteiger partial charge in [0.15, 0.2) is 11.5 Å². The number of amides is 1. The van der Waals surface area contributed by atoms with Gasteiger partial charge in [-0.1, -0.05) is 54.6 Å². The molecular formula is C27H27NO7. The first-order valence-corrected chi connectivity index (χ1v) is 11.2. The van der Waals surface area contributed by atoms with Crippen LogP contribution in [-0.2, 0) is 9.53 Å². The van der Waals surface area contributed by atoms with Crippen LogP contribution in [0.3, 0.4) is 0 Å². The number of methoxy groups -OCH3 is 1. The molecule has 0 radical (unpaired) electrons. The SMILES string of the molecule is COc1cc(C(O)C(O)CNC(=O)OCC2c3ccccc3-c3ccccc32)ccc1OC(C)=O. The van der Waals surface area contributed by atoms with E-state index in [-0.39, 0.29) is 30.6 Å². The Kier molecular flexibility index (Phi) is 7.33. The van der Waals surface area contributed by atoms with Gasteiger partial charge in [0.25, 0.3) is 0 Å². The third-order valence-corrected chi connectivity index (χ3v) is 5.95. The number of hydrogen-bond acceptors (Lipinski definition) is 7. The Morgan fingerprint density at radius 3 is 2.17 bits per heavy atom. The first-order chi connectivity index (χ1) is 16.9. The van der Waals surface area contributed by atoms with E-state index in [1.807, 2.05) is 36.4 Å². The molecule has 0 bridgehead atoms. The molecule has 4 rings (SSSR count). The van der Waals surface area contributed by atoms with Gasteiger partial charge in [0.1, 0.15) is 18.8 Å².